The van der Waals surface area contributed by atoms with Gasteiger partial charge in [0.05, 0.1) is 11.9 Å². The zero-order valence-corrected chi connectivity index (χ0v) is 25.6. The lowest BCUT2D eigenvalue weighted by molar-refractivity contribution is 0.0519. The maximum Gasteiger partial charge on any atom is 0.354 e. The summed E-state index contributed by atoms with van der Waals surface area (Å²) in [5, 5.41) is 14.0. The van der Waals surface area contributed by atoms with Crippen LogP contribution < -0.4 is 9.80 Å². The SMILES string of the molecule is CCN(CC1CCN(c2cccc(C(=O)O)n2)C1)C(=O)c1nc2c(C)cc(N3CC4(CCC4c4cccc(C)c4)C3)cn2n1. The van der Waals surface area contributed by atoms with Crippen molar-refractivity contribution < 1.29 is 14.7 Å². The number of carbonyl (C=O) groups excluding carboxylic acids is 1. The summed E-state index contributed by atoms with van der Waals surface area (Å²) in [5.74, 6) is 0.541. The standard InChI is InChI=1S/C34H39N7O3/c1-4-38(17-24-12-14-39(18-24)29-10-6-9-28(35-29)33(43)44)32(42)30-36-31-23(3)16-26(19-41(31)37-30)40-20-34(21-40)13-11-27(34)25-8-5-7-22(2)15-25/h5-10,15-16,19,24,27H,4,11-14,17-18,20-21H2,1-3H3,(H,43,44). The number of aromatic carboxylic acids is 1. The number of hydrogen-bond donors (Lipinski definition) is 1. The molecule has 3 fully saturated rings. The maximum atomic E-state index is 13.6. The molecule has 1 N–H and O–H groups in total. The van der Waals surface area contributed by atoms with Crippen molar-refractivity contribution in [2.75, 3.05) is 49.1 Å². The van der Waals surface area contributed by atoms with Crippen LogP contribution in [0.4, 0.5) is 11.5 Å². The third kappa shape index (κ3) is 4.96. The third-order valence-electron chi connectivity index (χ3n) is 10.00. The van der Waals surface area contributed by atoms with Gasteiger partial charge in [-0.1, -0.05) is 35.9 Å². The summed E-state index contributed by atoms with van der Waals surface area (Å²) in [6.45, 7) is 10.9. The first-order valence-corrected chi connectivity index (χ1v) is 15.7. The number of nitrogens with zero attached hydrogens (tertiary/aromatic N) is 7. The normalized spacial score (nSPS) is 20.5. The van der Waals surface area contributed by atoms with Crippen LogP contribution in [0.2, 0.25) is 0 Å². The number of amides is 1. The Bertz CT molecular complexity index is 1740. The summed E-state index contributed by atoms with van der Waals surface area (Å²) in [5.41, 5.74) is 6.02. The van der Waals surface area contributed by atoms with Gasteiger partial charge in [0.25, 0.3) is 5.91 Å². The van der Waals surface area contributed by atoms with Crippen molar-refractivity contribution in [3.63, 3.8) is 0 Å². The molecule has 1 aromatic carbocycles. The monoisotopic (exact) mass is 593 g/mol. The first-order chi connectivity index (χ1) is 21.2. The molecule has 1 saturated carbocycles. The van der Waals surface area contributed by atoms with Gasteiger partial charge in [-0.05, 0) is 81.2 Å². The van der Waals surface area contributed by atoms with Crippen LogP contribution in [0.25, 0.3) is 5.65 Å². The number of pyridine rings is 2. The van der Waals surface area contributed by atoms with E-state index in [2.05, 4.69) is 62.1 Å². The number of aromatic nitrogens is 4. The molecule has 1 aliphatic carbocycles. The molecule has 7 rings (SSSR count). The Hall–Kier alpha value is -4.47. The van der Waals surface area contributed by atoms with Crippen molar-refractivity contribution in [3.05, 3.63) is 82.9 Å². The van der Waals surface area contributed by atoms with E-state index >= 15 is 0 Å². The van der Waals surface area contributed by atoms with Crippen LogP contribution in [0.5, 0.6) is 0 Å². The Kier molecular flexibility index (Phi) is 7.02. The molecule has 1 spiro atoms. The minimum atomic E-state index is -1.04. The summed E-state index contributed by atoms with van der Waals surface area (Å²) in [6, 6.07) is 16.2. The molecule has 10 nitrogen and oxygen atoms in total. The van der Waals surface area contributed by atoms with Gasteiger partial charge in [0, 0.05) is 44.7 Å². The molecule has 1 amide bonds. The van der Waals surface area contributed by atoms with Crippen LogP contribution in [0.1, 0.15) is 69.9 Å². The summed E-state index contributed by atoms with van der Waals surface area (Å²) in [7, 11) is 0. The number of fused-ring (bicyclic) bond motifs is 1. The minimum Gasteiger partial charge on any atom is -0.477 e. The molecule has 2 saturated heterocycles. The first kappa shape index (κ1) is 28.3. The van der Waals surface area contributed by atoms with Gasteiger partial charge in [-0.2, -0.15) is 0 Å². The number of carbonyl (C=O) groups is 2. The lowest BCUT2D eigenvalue weighted by Crippen LogP contribution is -2.63. The minimum absolute atomic E-state index is 0.0378. The van der Waals surface area contributed by atoms with Crippen molar-refractivity contribution in [2.24, 2.45) is 11.3 Å². The summed E-state index contributed by atoms with van der Waals surface area (Å²) >= 11 is 0. The smallest absolute Gasteiger partial charge is 0.354 e. The molecule has 3 aliphatic rings. The third-order valence-corrected chi connectivity index (χ3v) is 10.00. The van der Waals surface area contributed by atoms with E-state index in [0.717, 1.165) is 37.3 Å². The summed E-state index contributed by atoms with van der Waals surface area (Å²) < 4.78 is 1.77. The number of aryl methyl sites for hydroxylation is 2. The molecule has 2 atom stereocenters. The number of carboxylic acid groups (broad SMARTS) is 1. The Morgan fingerprint density at radius 1 is 1.05 bits per heavy atom. The molecule has 44 heavy (non-hydrogen) atoms. The van der Waals surface area contributed by atoms with Gasteiger partial charge in [0.1, 0.15) is 5.82 Å². The molecule has 0 bridgehead atoms. The summed E-state index contributed by atoms with van der Waals surface area (Å²) in [4.78, 5) is 40.3. The van der Waals surface area contributed by atoms with Gasteiger partial charge in [0.15, 0.2) is 11.3 Å². The van der Waals surface area contributed by atoms with E-state index < -0.39 is 5.97 Å². The lowest BCUT2D eigenvalue weighted by Gasteiger charge is -2.61. The predicted octanol–water partition coefficient (Wildman–Crippen LogP) is 4.81. The Morgan fingerprint density at radius 3 is 2.59 bits per heavy atom. The average molecular weight is 594 g/mol. The van der Waals surface area contributed by atoms with Crippen molar-refractivity contribution in [1.82, 2.24) is 24.5 Å². The molecule has 2 unspecified atom stereocenters. The molecule has 3 aromatic heterocycles. The van der Waals surface area contributed by atoms with Gasteiger partial charge in [-0.15, -0.1) is 5.10 Å². The van der Waals surface area contributed by atoms with E-state index in [1.807, 2.05) is 31.0 Å². The zero-order valence-electron chi connectivity index (χ0n) is 25.6. The largest absolute Gasteiger partial charge is 0.477 e. The summed E-state index contributed by atoms with van der Waals surface area (Å²) in [6.07, 6.45) is 5.43. The second-order valence-corrected chi connectivity index (χ2v) is 12.9. The maximum absolute atomic E-state index is 13.6. The molecule has 2 aliphatic heterocycles. The average Bonchev–Trinajstić information content (AvgIpc) is 3.62. The molecular formula is C34H39N7O3. The lowest BCUT2D eigenvalue weighted by atomic mass is 9.53. The van der Waals surface area contributed by atoms with Gasteiger partial charge in [0.2, 0.25) is 5.82 Å². The van der Waals surface area contributed by atoms with E-state index in [1.165, 1.54) is 30.0 Å². The highest BCUT2D eigenvalue weighted by Gasteiger charge is 2.55. The number of hydrogen-bond acceptors (Lipinski definition) is 7. The van der Waals surface area contributed by atoms with Crippen LogP contribution in [0.3, 0.4) is 0 Å². The quantitative estimate of drug-likeness (QED) is 0.310. The van der Waals surface area contributed by atoms with Gasteiger partial charge < -0.3 is 19.8 Å². The van der Waals surface area contributed by atoms with Crippen LogP contribution in [0.15, 0.2) is 54.7 Å². The van der Waals surface area contributed by atoms with Crippen LogP contribution in [0, 0.1) is 25.2 Å². The second-order valence-electron chi connectivity index (χ2n) is 12.9. The fraction of sp³-hybridized carbons (Fsp3) is 0.441. The van der Waals surface area contributed by atoms with Crippen molar-refractivity contribution in [3.8, 4) is 0 Å². The van der Waals surface area contributed by atoms with E-state index in [0.29, 0.717) is 42.4 Å². The van der Waals surface area contributed by atoms with E-state index in [-0.39, 0.29) is 23.3 Å². The molecule has 228 valence electrons. The van der Waals surface area contributed by atoms with Crippen molar-refractivity contribution >= 4 is 29.0 Å². The number of rotatable bonds is 8. The molecule has 5 heterocycles. The fourth-order valence-electron chi connectivity index (χ4n) is 7.49. The van der Waals surface area contributed by atoms with Crippen LogP contribution in [-0.4, -0.2) is 80.7 Å². The van der Waals surface area contributed by atoms with Gasteiger partial charge in [-0.25, -0.2) is 19.3 Å². The second kappa shape index (κ2) is 10.9. The zero-order chi connectivity index (χ0) is 30.6. The predicted molar refractivity (Wildman–Crippen MR) is 169 cm³/mol. The van der Waals surface area contributed by atoms with Gasteiger partial charge >= 0.3 is 5.97 Å². The number of benzene rings is 1. The Morgan fingerprint density at radius 2 is 1.86 bits per heavy atom. The number of carboxylic acids is 1. The molecule has 4 aromatic rings. The van der Waals surface area contributed by atoms with Crippen LogP contribution in [-0.2, 0) is 0 Å². The molecule has 10 heteroatoms. The molecule has 0 radical (unpaired) electrons. The highest BCUT2D eigenvalue weighted by atomic mass is 16.4. The highest BCUT2D eigenvalue weighted by molar-refractivity contribution is 5.91. The van der Waals surface area contributed by atoms with E-state index in [4.69, 9.17) is 0 Å². The highest BCUT2D eigenvalue weighted by Crippen LogP contribution is 2.58. The number of anilines is 2. The van der Waals surface area contributed by atoms with E-state index in [1.54, 1.807) is 10.6 Å². The van der Waals surface area contributed by atoms with Gasteiger partial charge in [-0.3, -0.25) is 4.79 Å². The van der Waals surface area contributed by atoms with Crippen LogP contribution >= 0.6 is 0 Å². The topological polar surface area (TPSA) is 107 Å². The van der Waals surface area contributed by atoms with Crippen molar-refractivity contribution in [2.45, 2.75) is 46.0 Å². The van der Waals surface area contributed by atoms with E-state index in [9.17, 15) is 14.7 Å². The van der Waals surface area contributed by atoms with Crippen molar-refractivity contribution in [1.29, 1.82) is 0 Å². The fourth-order valence-corrected chi connectivity index (χ4v) is 7.49. The Labute approximate surface area is 257 Å². The Balaban J connectivity index is 1.02. The molecular weight excluding hydrogens is 554 g/mol. The first-order valence-electron chi connectivity index (χ1n) is 15.7.